The van der Waals surface area contributed by atoms with Crippen molar-refractivity contribution < 1.29 is 24.9 Å². The molecule has 8 heteroatoms. The maximum Gasteiger partial charge on any atom is 0.262 e. The van der Waals surface area contributed by atoms with Crippen LogP contribution in [0.5, 0.6) is 0 Å². The number of hydrogen-bond acceptors (Lipinski definition) is 7. The molecule has 182 valence electrons. The summed E-state index contributed by atoms with van der Waals surface area (Å²) in [5, 5.41) is 45.0. The van der Waals surface area contributed by atoms with Gasteiger partial charge in [-0.3, -0.25) is 4.79 Å². The molecule has 0 saturated carbocycles. The molecule has 1 saturated heterocycles. The van der Waals surface area contributed by atoms with Gasteiger partial charge in [0.05, 0.1) is 6.10 Å². The first-order chi connectivity index (χ1) is 16.2. The van der Waals surface area contributed by atoms with Gasteiger partial charge < -0.3 is 30.3 Å². The molecule has 1 heterocycles. The highest BCUT2D eigenvalue weighted by Crippen LogP contribution is 2.28. The van der Waals surface area contributed by atoms with E-state index in [0.29, 0.717) is 17.6 Å². The number of ether oxygens (including phenoxy) is 1. The van der Waals surface area contributed by atoms with Crippen LogP contribution in [0.1, 0.15) is 39.7 Å². The fourth-order valence-corrected chi connectivity index (χ4v) is 4.36. The Balaban J connectivity index is 1.87. The lowest BCUT2D eigenvalue weighted by atomic mass is 9.94. The Morgan fingerprint density at radius 3 is 2.32 bits per heavy atom. The van der Waals surface area contributed by atoms with Gasteiger partial charge in [-0.25, -0.2) is 0 Å². The normalized spacial score (nSPS) is 25.4. The van der Waals surface area contributed by atoms with E-state index in [1.807, 2.05) is 30.3 Å². The van der Waals surface area contributed by atoms with Gasteiger partial charge in [0, 0.05) is 18.8 Å². The topological polar surface area (TPSA) is 126 Å². The first-order valence-electron chi connectivity index (χ1n) is 11.7. The number of allylic oxidation sites excluding steroid dienone is 1. The Labute approximate surface area is 200 Å². The van der Waals surface area contributed by atoms with Crippen molar-refractivity contribution in [1.29, 1.82) is 5.26 Å². The lowest BCUT2D eigenvalue weighted by molar-refractivity contribution is -0.247. The molecule has 0 spiro atoms. The Kier molecular flexibility index (Phi) is 8.28. The lowest BCUT2D eigenvalue weighted by Crippen LogP contribution is -2.63. The van der Waals surface area contributed by atoms with E-state index in [2.05, 4.69) is 36.2 Å². The Bertz CT molecular complexity index is 1110. The molecule has 2 aromatic carbocycles. The third kappa shape index (κ3) is 5.08. The summed E-state index contributed by atoms with van der Waals surface area (Å²) in [5.41, 5.74) is 2.16. The van der Waals surface area contributed by atoms with Crippen molar-refractivity contribution in [2.75, 3.05) is 18.0 Å². The van der Waals surface area contributed by atoms with Crippen LogP contribution >= 0.6 is 0 Å². The van der Waals surface area contributed by atoms with E-state index < -0.39 is 36.6 Å². The predicted octanol–water partition coefficient (Wildman–Crippen LogP) is 2.32. The van der Waals surface area contributed by atoms with Crippen LogP contribution in [-0.2, 0) is 9.53 Å². The number of fused-ring (bicyclic) bond motifs is 1. The molecule has 5 atom stereocenters. The maximum atomic E-state index is 12.9. The Morgan fingerprint density at radius 1 is 1.06 bits per heavy atom. The second-order valence-corrected chi connectivity index (χ2v) is 8.48. The zero-order valence-corrected chi connectivity index (χ0v) is 20.0. The van der Waals surface area contributed by atoms with Crippen LogP contribution in [0.4, 0.5) is 5.69 Å². The van der Waals surface area contributed by atoms with E-state index in [0.717, 1.165) is 29.5 Å². The van der Waals surface area contributed by atoms with Crippen LogP contribution < -0.4 is 10.2 Å². The van der Waals surface area contributed by atoms with Gasteiger partial charge in [-0.15, -0.1) is 0 Å². The van der Waals surface area contributed by atoms with E-state index >= 15 is 0 Å². The lowest BCUT2D eigenvalue weighted by Gasteiger charge is -2.40. The van der Waals surface area contributed by atoms with Gasteiger partial charge in [-0.2, -0.15) is 5.26 Å². The van der Waals surface area contributed by atoms with Crippen molar-refractivity contribution in [2.45, 2.75) is 64.8 Å². The summed E-state index contributed by atoms with van der Waals surface area (Å²) < 4.78 is 5.31. The highest BCUT2D eigenvalue weighted by atomic mass is 16.6. The number of nitrogens with zero attached hydrogens (tertiary/aromatic N) is 2. The van der Waals surface area contributed by atoms with Crippen molar-refractivity contribution in [3.05, 3.63) is 47.5 Å². The van der Waals surface area contributed by atoms with Crippen LogP contribution in [0.2, 0.25) is 0 Å². The van der Waals surface area contributed by atoms with Gasteiger partial charge in [0.1, 0.15) is 29.9 Å². The minimum atomic E-state index is -1.51. The highest BCUT2D eigenvalue weighted by molar-refractivity contribution is 6.05. The molecule has 0 radical (unpaired) electrons. The Morgan fingerprint density at radius 2 is 1.71 bits per heavy atom. The standard InChI is InChI=1S/C26H33N3O5/c1-5-21-23(30)24(31)22(26(33)34-21)28-25(32)20(14-27)15(4)16-8-9-18-13-19(29(6-2)7-3)11-10-17(18)12-16/h8-13,21-24,26,30-31,33H,5-7H2,1-4H3,(H,28,32)/b20-15+/t21-,22-,23-,24-,26?/m1/s1. The summed E-state index contributed by atoms with van der Waals surface area (Å²) in [4.78, 5) is 15.2. The first-order valence-corrected chi connectivity index (χ1v) is 11.7. The molecule has 4 N–H and O–H groups in total. The van der Waals surface area contributed by atoms with Gasteiger partial charge >= 0.3 is 0 Å². The number of nitrogens with one attached hydrogen (secondary N) is 1. The number of anilines is 1. The van der Waals surface area contributed by atoms with E-state index in [9.17, 15) is 25.4 Å². The smallest absolute Gasteiger partial charge is 0.262 e. The number of hydrogen-bond donors (Lipinski definition) is 4. The molecule has 34 heavy (non-hydrogen) atoms. The van der Waals surface area contributed by atoms with E-state index in [-0.39, 0.29) is 5.57 Å². The van der Waals surface area contributed by atoms with Gasteiger partial charge in [0.15, 0.2) is 6.29 Å². The molecule has 1 aliphatic rings. The number of benzene rings is 2. The summed E-state index contributed by atoms with van der Waals surface area (Å²) in [7, 11) is 0. The molecule has 1 aliphatic heterocycles. The number of rotatable bonds is 7. The summed E-state index contributed by atoms with van der Waals surface area (Å²) in [6.07, 6.45) is -4.56. The predicted molar refractivity (Wildman–Crippen MR) is 131 cm³/mol. The minimum Gasteiger partial charge on any atom is -0.388 e. The number of carbonyl (C=O) groups excluding carboxylic acids is 1. The van der Waals surface area contributed by atoms with Crippen LogP contribution in [0.3, 0.4) is 0 Å². The SMILES string of the molecule is CC[C@H]1OC(O)[C@H](NC(=O)/C(C#N)=C(\C)c2ccc3cc(N(CC)CC)ccc3c2)[C@@H](O)[C@@H]1O. The van der Waals surface area contributed by atoms with Crippen molar-refractivity contribution in [2.24, 2.45) is 0 Å². The average Bonchev–Trinajstić information content (AvgIpc) is 2.84. The van der Waals surface area contributed by atoms with Gasteiger partial charge in [-0.1, -0.05) is 25.1 Å². The number of aliphatic hydroxyl groups is 3. The van der Waals surface area contributed by atoms with Gasteiger partial charge in [0.2, 0.25) is 0 Å². The maximum absolute atomic E-state index is 12.9. The number of amides is 1. The molecular weight excluding hydrogens is 434 g/mol. The van der Waals surface area contributed by atoms with Crippen molar-refractivity contribution in [3.63, 3.8) is 0 Å². The van der Waals surface area contributed by atoms with Crippen LogP contribution in [0, 0.1) is 11.3 Å². The second-order valence-electron chi connectivity index (χ2n) is 8.48. The fraction of sp³-hybridized carbons (Fsp3) is 0.462. The summed E-state index contributed by atoms with van der Waals surface area (Å²) in [6.45, 7) is 9.47. The molecule has 0 aliphatic carbocycles. The first kappa shape index (κ1) is 25.7. The van der Waals surface area contributed by atoms with Gasteiger partial charge in [-0.05, 0) is 67.3 Å². The Hall–Kier alpha value is -2.96. The quantitative estimate of drug-likeness (QED) is 0.364. The average molecular weight is 468 g/mol. The van der Waals surface area contributed by atoms with Crippen molar-refractivity contribution in [3.8, 4) is 6.07 Å². The summed E-state index contributed by atoms with van der Waals surface area (Å²) in [6, 6.07) is 12.6. The molecule has 1 amide bonds. The second kappa shape index (κ2) is 11.0. The third-order valence-electron chi connectivity index (χ3n) is 6.52. The van der Waals surface area contributed by atoms with Crippen molar-refractivity contribution >= 4 is 27.9 Å². The molecule has 1 unspecified atom stereocenters. The zero-order valence-electron chi connectivity index (χ0n) is 20.0. The molecular formula is C26H33N3O5. The van der Waals surface area contributed by atoms with E-state index in [1.54, 1.807) is 13.8 Å². The monoisotopic (exact) mass is 467 g/mol. The molecule has 1 fully saturated rings. The largest absolute Gasteiger partial charge is 0.388 e. The number of aliphatic hydroxyl groups excluding tert-OH is 3. The molecule has 8 nitrogen and oxygen atoms in total. The van der Waals surface area contributed by atoms with E-state index in [4.69, 9.17) is 4.74 Å². The highest BCUT2D eigenvalue weighted by Gasteiger charge is 2.44. The molecule has 2 aromatic rings. The summed E-state index contributed by atoms with van der Waals surface area (Å²) in [5.74, 6) is -0.758. The number of carbonyl (C=O) groups is 1. The minimum absolute atomic E-state index is 0.148. The molecule has 0 bridgehead atoms. The zero-order chi connectivity index (χ0) is 25.0. The van der Waals surface area contributed by atoms with Crippen molar-refractivity contribution in [1.82, 2.24) is 5.32 Å². The molecule has 3 rings (SSSR count). The summed E-state index contributed by atoms with van der Waals surface area (Å²) >= 11 is 0. The fourth-order valence-electron chi connectivity index (χ4n) is 4.36. The van der Waals surface area contributed by atoms with Gasteiger partial charge in [0.25, 0.3) is 5.91 Å². The van der Waals surface area contributed by atoms with Crippen LogP contribution in [0.15, 0.2) is 42.0 Å². The molecule has 0 aromatic heterocycles. The van der Waals surface area contributed by atoms with Crippen LogP contribution in [0.25, 0.3) is 16.3 Å². The van der Waals surface area contributed by atoms with Crippen LogP contribution in [-0.4, -0.2) is 65.0 Å². The van der Waals surface area contributed by atoms with E-state index in [1.165, 1.54) is 0 Å². The number of nitriles is 1. The third-order valence-corrected chi connectivity index (χ3v) is 6.52.